The second kappa shape index (κ2) is 2.97. The smallest absolute Gasteiger partial charge is 0.418 e. The predicted octanol–water partition coefficient (Wildman–Crippen LogP) is 1.62. The molecule has 0 spiro atoms. The number of benzene rings is 1. The summed E-state index contributed by atoms with van der Waals surface area (Å²) in [4.78, 5) is 9.93. The molecule has 1 radical (unpaired) electrons. The van der Waals surface area contributed by atoms with E-state index in [1.165, 1.54) is 24.0 Å². The van der Waals surface area contributed by atoms with Crippen molar-refractivity contribution in [2.24, 2.45) is 0 Å². The Hall–Kier alpha value is -1.31. The molecule has 2 nitrogen and oxygen atoms in total. The minimum absolute atomic E-state index is 0.602. The lowest BCUT2D eigenvalue weighted by atomic mass is 10.1. The summed E-state index contributed by atoms with van der Waals surface area (Å²) in [5.41, 5.74) is 2.69. The van der Waals surface area contributed by atoms with Crippen LogP contribution < -0.4 is 4.74 Å². The number of ether oxygens (including phenoxy) is 1. The van der Waals surface area contributed by atoms with Gasteiger partial charge in [-0.25, -0.2) is 4.79 Å². The van der Waals surface area contributed by atoms with Crippen LogP contribution in [0.25, 0.3) is 0 Å². The van der Waals surface area contributed by atoms with E-state index in [4.69, 9.17) is 0 Å². The van der Waals surface area contributed by atoms with E-state index in [2.05, 4.69) is 4.74 Å². The molecule has 61 valence electrons. The van der Waals surface area contributed by atoms with Crippen LogP contribution in [0.1, 0.15) is 17.5 Å². The highest BCUT2D eigenvalue weighted by Crippen LogP contribution is 2.25. The van der Waals surface area contributed by atoms with Gasteiger partial charge in [0.2, 0.25) is 0 Å². The van der Waals surface area contributed by atoms with Crippen molar-refractivity contribution in [1.29, 1.82) is 0 Å². The van der Waals surface area contributed by atoms with E-state index >= 15 is 0 Å². The van der Waals surface area contributed by atoms with Gasteiger partial charge in [0.15, 0.2) is 0 Å². The SMILES string of the molecule is O=[C]Oc1ccc2c(c1)CCC2. The molecule has 0 aromatic heterocycles. The van der Waals surface area contributed by atoms with E-state index in [1.807, 2.05) is 18.2 Å². The lowest BCUT2D eigenvalue weighted by molar-refractivity contribution is 0.442. The van der Waals surface area contributed by atoms with Crippen molar-refractivity contribution in [1.82, 2.24) is 0 Å². The maximum Gasteiger partial charge on any atom is 0.423 e. The molecule has 0 bridgehead atoms. The molecule has 0 heterocycles. The third-order valence-electron chi connectivity index (χ3n) is 2.23. The molecular weight excluding hydrogens is 152 g/mol. The number of carbonyl (C=O) groups excluding carboxylic acids is 1. The van der Waals surface area contributed by atoms with E-state index in [0.29, 0.717) is 5.75 Å². The fourth-order valence-corrected chi connectivity index (χ4v) is 1.66. The Morgan fingerprint density at radius 3 is 2.92 bits per heavy atom. The average molecular weight is 161 g/mol. The van der Waals surface area contributed by atoms with Gasteiger partial charge in [-0.1, -0.05) is 6.07 Å². The van der Waals surface area contributed by atoms with Gasteiger partial charge in [-0.15, -0.1) is 0 Å². The molecule has 0 saturated carbocycles. The van der Waals surface area contributed by atoms with E-state index in [-0.39, 0.29) is 0 Å². The van der Waals surface area contributed by atoms with Crippen molar-refractivity contribution in [3.63, 3.8) is 0 Å². The zero-order valence-electron chi connectivity index (χ0n) is 6.67. The maximum atomic E-state index is 9.93. The Morgan fingerprint density at radius 2 is 2.08 bits per heavy atom. The fourth-order valence-electron chi connectivity index (χ4n) is 1.66. The van der Waals surface area contributed by atoms with Gasteiger partial charge in [0.05, 0.1) is 0 Å². The minimum Gasteiger partial charge on any atom is -0.418 e. The van der Waals surface area contributed by atoms with Gasteiger partial charge >= 0.3 is 6.47 Å². The normalized spacial score (nSPS) is 14.0. The van der Waals surface area contributed by atoms with Crippen molar-refractivity contribution in [2.45, 2.75) is 19.3 Å². The third kappa shape index (κ3) is 1.20. The zero-order chi connectivity index (χ0) is 8.39. The van der Waals surface area contributed by atoms with Crippen molar-refractivity contribution >= 4 is 6.47 Å². The summed E-state index contributed by atoms with van der Waals surface area (Å²) in [6.45, 7) is 1.43. The van der Waals surface area contributed by atoms with Gasteiger partial charge in [-0.3, -0.25) is 0 Å². The van der Waals surface area contributed by atoms with Crippen LogP contribution in [0.3, 0.4) is 0 Å². The molecule has 12 heavy (non-hydrogen) atoms. The van der Waals surface area contributed by atoms with Gasteiger partial charge in [0.25, 0.3) is 0 Å². The van der Waals surface area contributed by atoms with E-state index < -0.39 is 0 Å². The predicted molar refractivity (Wildman–Crippen MR) is 44.8 cm³/mol. The molecule has 0 saturated heterocycles. The molecular formula is C10H9O2. The minimum atomic E-state index is 0.602. The molecule has 0 aliphatic heterocycles. The van der Waals surface area contributed by atoms with Crippen LogP contribution in [-0.4, -0.2) is 6.47 Å². The van der Waals surface area contributed by atoms with E-state index in [1.54, 1.807) is 0 Å². The largest absolute Gasteiger partial charge is 0.423 e. The molecule has 0 amide bonds. The molecule has 2 heteroatoms. The van der Waals surface area contributed by atoms with E-state index in [9.17, 15) is 4.79 Å². The van der Waals surface area contributed by atoms with Crippen molar-refractivity contribution < 1.29 is 9.53 Å². The second-order valence-corrected chi connectivity index (χ2v) is 2.97. The molecule has 1 aromatic carbocycles. The summed E-state index contributed by atoms with van der Waals surface area (Å²) in [5, 5.41) is 0. The van der Waals surface area contributed by atoms with Crippen LogP contribution in [0.15, 0.2) is 18.2 Å². The monoisotopic (exact) mass is 161 g/mol. The van der Waals surface area contributed by atoms with Crippen molar-refractivity contribution in [3.8, 4) is 5.75 Å². The van der Waals surface area contributed by atoms with Crippen LogP contribution in [-0.2, 0) is 17.6 Å². The molecule has 2 rings (SSSR count). The summed E-state index contributed by atoms with van der Waals surface area (Å²) in [6, 6.07) is 5.76. The lowest BCUT2D eigenvalue weighted by Crippen LogP contribution is -1.90. The first-order valence-corrected chi connectivity index (χ1v) is 4.06. The molecule has 0 fully saturated rings. The molecule has 1 aliphatic rings. The van der Waals surface area contributed by atoms with Crippen molar-refractivity contribution in [2.75, 3.05) is 0 Å². The highest BCUT2D eigenvalue weighted by molar-refractivity contribution is 5.48. The topological polar surface area (TPSA) is 26.3 Å². The Morgan fingerprint density at radius 1 is 1.25 bits per heavy atom. The first-order valence-electron chi connectivity index (χ1n) is 4.06. The van der Waals surface area contributed by atoms with Crippen LogP contribution in [0, 0.1) is 0 Å². The van der Waals surface area contributed by atoms with Gasteiger partial charge in [-0.05, 0) is 42.5 Å². The van der Waals surface area contributed by atoms with Gasteiger partial charge in [-0.2, -0.15) is 0 Å². The quantitative estimate of drug-likeness (QED) is 0.658. The Kier molecular flexibility index (Phi) is 1.82. The molecule has 0 N–H and O–H groups in total. The Bertz CT molecular complexity index is 305. The molecule has 0 unspecified atom stereocenters. The molecule has 1 aromatic rings. The van der Waals surface area contributed by atoms with Crippen LogP contribution in [0.5, 0.6) is 5.75 Å². The lowest BCUT2D eigenvalue weighted by Gasteiger charge is -2.00. The Labute approximate surface area is 71.2 Å². The molecule has 0 atom stereocenters. The molecule has 1 aliphatic carbocycles. The summed E-state index contributed by atoms with van der Waals surface area (Å²) in [5.74, 6) is 0.602. The fraction of sp³-hybridized carbons (Fsp3) is 0.300. The number of hydrogen-bond acceptors (Lipinski definition) is 2. The number of fused-ring (bicyclic) bond motifs is 1. The van der Waals surface area contributed by atoms with Gasteiger partial charge in [0, 0.05) is 0 Å². The van der Waals surface area contributed by atoms with Crippen LogP contribution in [0.4, 0.5) is 0 Å². The first-order chi connectivity index (χ1) is 5.90. The highest BCUT2D eigenvalue weighted by atomic mass is 16.5. The number of hydrogen-bond donors (Lipinski definition) is 0. The average Bonchev–Trinajstić information content (AvgIpc) is 2.51. The first kappa shape index (κ1) is 7.35. The van der Waals surface area contributed by atoms with E-state index in [0.717, 1.165) is 12.8 Å². The summed E-state index contributed by atoms with van der Waals surface area (Å²) < 4.78 is 4.63. The van der Waals surface area contributed by atoms with Crippen molar-refractivity contribution in [3.05, 3.63) is 29.3 Å². The van der Waals surface area contributed by atoms with Gasteiger partial charge in [0.1, 0.15) is 5.75 Å². The highest BCUT2D eigenvalue weighted by Gasteiger charge is 2.10. The van der Waals surface area contributed by atoms with Gasteiger partial charge < -0.3 is 4.74 Å². The third-order valence-corrected chi connectivity index (χ3v) is 2.23. The summed E-state index contributed by atoms with van der Waals surface area (Å²) in [6.07, 6.45) is 3.47. The number of aryl methyl sites for hydroxylation is 2. The standard InChI is InChI=1S/C10H9O2/c11-7-12-10-5-4-8-2-1-3-9(8)6-10/h4-6H,1-3H2. The maximum absolute atomic E-state index is 9.93. The zero-order valence-corrected chi connectivity index (χ0v) is 6.67. The number of rotatable bonds is 2. The van der Waals surface area contributed by atoms with Crippen LogP contribution in [0.2, 0.25) is 0 Å². The van der Waals surface area contributed by atoms with Crippen LogP contribution >= 0.6 is 0 Å². The summed E-state index contributed by atoms with van der Waals surface area (Å²) >= 11 is 0. The summed E-state index contributed by atoms with van der Waals surface area (Å²) in [7, 11) is 0. The second-order valence-electron chi connectivity index (χ2n) is 2.97. The Balaban J connectivity index is 2.32.